The van der Waals surface area contributed by atoms with Crippen LogP contribution in [0.25, 0.3) is 0 Å². The summed E-state index contributed by atoms with van der Waals surface area (Å²) < 4.78 is 23.8. The number of aliphatic hydroxyl groups excluding tert-OH is 1. The van der Waals surface area contributed by atoms with Crippen LogP contribution in [0.1, 0.15) is 32.1 Å². The van der Waals surface area contributed by atoms with E-state index in [2.05, 4.69) is 5.32 Å². The number of rotatable bonds is 5. The second-order valence-corrected chi connectivity index (χ2v) is 4.06. The molecule has 0 aromatic heterocycles. The molecule has 0 aliphatic heterocycles. The van der Waals surface area contributed by atoms with E-state index in [-0.39, 0.29) is 6.54 Å². The standard InChI is InChI=1S/C10H19F2NO/c11-10(12)9(14)7-13-6-8-4-2-1-3-5-8/h8-10,13-14H,1-7H2. The van der Waals surface area contributed by atoms with Crippen molar-refractivity contribution in [3.8, 4) is 0 Å². The molecule has 0 aromatic carbocycles. The lowest BCUT2D eigenvalue weighted by molar-refractivity contribution is -0.00376. The molecule has 0 spiro atoms. The average Bonchev–Trinajstić information content (AvgIpc) is 2.19. The van der Waals surface area contributed by atoms with Crippen LogP contribution in [0.2, 0.25) is 0 Å². The van der Waals surface area contributed by atoms with Crippen LogP contribution in [0.15, 0.2) is 0 Å². The largest absolute Gasteiger partial charge is 0.386 e. The smallest absolute Gasteiger partial charge is 0.265 e. The predicted octanol–water partition coefficient (Wildman–Crippen LogP) is 1.78. The van der Waals surface area contributed by atoms with Crippen molar-refractivity contribution >= 4 is 0 Å². The van der Waals surface area contributed by atoms with Crippen molar-refractivity contribution < 1.29 is 13.9 Å². The molecule has 2 N–H and O–H groups in total. The van der Waals surface area contributed by atoms with Crippen molar-refractivity contribution in [3.05, 3.63) is 0 Å². The number of alkyl halides is 2. The second kappa shape index (κ2) is 6.30. The summed E-state index contributed by atoms with van der Waals surface area (Å²) in [6.45, 7) is 0.776. The van der Waals surface area contributed by atoms with Crippen LogP contribution in [0.3, 0.4) is 0 Å². The van der Waals surface area contributed by atoms with E-state index >= 15 is 0 Å². The fourth-order valence-corrected chi connectivity index (χ4v) is 1.92. The number of aliphatic hydroxyl groups is 1. The maximum atomic E-state index is 11.9. The van der Waals surface area contributed by atoms with Crippen LogP contribution >= 0.6 is 0 Å². The van der Waals surface area contributed by atoms with Crippen molar-refractivity contribution in [2.24, 2.45) is 5.92 Å². The minimum Gasteiger partial charge on any atom is -0.386 e. The van der Waals surface area contributed by atoms with E-state index in [1.54, 1.807) is 0 Å². The number of nitrogens with one attached hydrogen (secondary N) is 1. The molecule has 0 heterocycles. The van der Waals surface area contributed by atoms with Crippen LogP contribution in [-0.2, 0) is 0 Å². The lowest BCUT2D eigenvalue weighted by atomic mass is 9.89. The van der Waals surface area contributed by atoms with Gasteiger partial charge in [0.15, 0.2) is 0 Å². The lowest BCUT2D eigenvalue weighted by Gasteiger charge is -2.22. The zero-order valence-electron chi connectivity index (χ0n) is 8.38. The van der Waals surface area contributed by atoms with E-state index in [0.29, 0.717) is 5.92 Å². The quantitative estimate of drug-likeness (QED) is 0.720. The van der Waals surface area contributed by atoms with Gasteiger partial charge in [0.25, 0.3) is 6.43 Å². The summed E-state index contributed by atoms with van der Waals surface area (Å²) in [6, 6.07) is 0. The first-order valence-corrected chi connectivity index (χ1v) is 5.37. The zero-order chi connectivity index (χ0) is 10.4. The van der Waals surface area contributed by atoms with Gasteiger partial charge in [0.1, 0.15) is 6.10 Å². The van der Waals surface area contributed by atoms with E-state index in [1.807, 2.05) is 0 Å². The Balaban J connectivity index is 2.02. The number of halogens is 2. The normalized spacial score (nSPS) is 21.4. The van der Waals surface area contributed by atoms with Crippen molar-refractivity contribution in [2.75, 3.05) is 13.1 Å². The van der Waals surface area contributed by atoms with Gasteiger partial charge in [-0.2, -0.15) is 0 Å². The van der Waals surface area contributed by atoms with Crippen molar-refractivity contribution in [2.45, 2.75) is 44.6 Å². The molecule has 2 nitrogen and oxygen atoms in total. The molecular weight excluding hydrogens is 188 g/mol. The average molecular weight is 207 g/mol. The summed E-state index contributed by atoms with van der Waals surface area (Å²) >= 11 is 0. The molecule has 4 heteroatoms. The van der Waals surface area contributed by atoms with Gasteiger partial charge < -0.3 is 10.4 Å². The van der Waals surface area contributed by atoms with E-state index in [4.69, 9.17) is 5.11 Å². The summed E-state index contributed by atoms with van der Waals surface area (Å²) in [5.74, 6) is 0.619. The van der Waals surface area contributed by atoms with Gasteiger partial charge in [-0.1, -0.05) is 19.3 Å². The third-order valence-corrected chi connectivity index (χ3v) is 2.80. The SMILES string of the molecule is OC(CNCC1CCCCC1)C(F)F. The van der Waals surface area contributed by atoms with E-state index in [1.165, 1.54) is 32.1 Å². The van der Waals surface area contributed by atoms with E-state index in [0.717, 1.165) is 6.54 Å². The molecule has 14 heavy (non-hydrogen) atoms. The van der Waals surface area contributed by atoms with Gasteiger partial charge in [0, 0.05) is 6.54 Å². The Morgan fingerprint density at radius 2 is 1.86 bits per heavy atom. The summed E-state index contributed by atoms with van der Waals surface area (Å²) in [6.07, 6.45) is 2.05. The fourth-order valence-electron chi connectivity index (χ4n) is 1.92. The Kier molecular flexibility index (Phi) is 5.33. The summed E-state index contributed by atoms with van der Waals surface area (Å²) in [5.41, 5.74) is 0. The highest BCUT2D eigenvalue weighted by molar-refractivity contribution is 4.69. The molecule has 1 rings (SSSR count). The van der Waals surface area contributed by atoms with Crippen molar-refractivity contribution in [1.29, 1.82) is 0 Å². The Morgan fingerprint density at radius 3 is 2.43 bits per heavy atom. The maximum absolute atomic E-state index is 11.9. The molecule has 0 amide bonds. The lowest BCUT2D eigenvalue weighted by Crippen LogP contribution is -2.35. The Hall–Kier alpha value is -0.220. The van der Waals surface area contributed by atoms with Gasteiger partial charge in [-0.25, -0.2) is 8.78 Å². The van der Waals surface area contributed by atoms with Gasteiger partial charge in [0.05, 0.1) is 0 Å². The monoisotopic (exact) mass is 207 g/mol. The topological polar surface area (TPSA) is 32.3 Å². The second-order valence-electron chi connectivity index (χ2n) is 4.06. The molecule has 1 saturated carbocycles. The Morgan fingerprint density at radius 1 is 1.21 bits per heavy atom. The first-order chi connectivity index (χ1) is 6.70. The molecule has 1 unspecified atom stereocenters. The Labute approximate surface area is 83.7 Å². The molecule has 0 bridgehead atoms. The first-order valence-electron chi connectivity index (χ1n) is 5.37. The molecule has 0 aromatic rings. The van der Waals surface area contributed by atoms with E-state index in [9.17, 15) is 8.78 Å². The fraction of sp³-hybridized carbons (Fsp3) is 1.00. The number of hydrogen-bond donors (Lipinski definition) is 2. The number of hydrogen-bond acceptors (Lipinski definition) is 2. The molecule has 1 aliphatic carbocycles. The van der Waals surface area contributed by atoms with Gasteiger partial charge in [-0.15, -0.1) is 0 Å². The highest BCUT2D eigenvalue weighted by atomic mass is 19.3. The Bertz CT molecular complexity index is 149. The molecule has 0 radical (unpaired) electrons. The first kappa shape index (κ1) is 11.9. The maximum Gasteiger partial charge on any atom is 0.265 e. The van der Waals surface area contributed by atoms with Crippen LogP contribution in [0.5, 0.6) is 0 Å². The molecule has 1 aliphatic rings. The van der Waals surface area contributed by atoms with Gasteiger partial charge in [-0.3, -0.25) is 0 Å². The highest BCUT2D eigenvalue weighted by Crippen LogP contribution is 2.22. The molecule has 0 saturated heterocycles. The van der Waals surface area contributed by atoms with Crippen LogP contribution in [0, 0.1) is 5.92 Å². The third kappa shape index (κ3) is 4.33. The summed E-state index contributed by atoms with van der Waals surface area (Å²) in [5, 5.41) is 11.7. The highest BCUT2D eigenvalue weighted by Gasteiger charge is 2.17. The van der Waals surface area contributed by atoms with Gasteiger partial charge in [0.2, 0.25) is 0 Å². The summed E-state index contributed by atoms with van der Waals surface area (Å²) in [7, 11) is 0. The minimum absolute atomic E-state index is 0.00810. The van der Waals surface area contributed by atoms with Gasteiger partial charge in [-0.05, 0) is 25.3 Å². The minimum atomic E-state index is -2.63. The van der Waals surface area contributed by atoms with E-state index < -0.39 is 12.5 Å². The van der Waals surface area contributed by atoms with Gasteiger partial charge >= 0.3 is 0 Å². The third-order valence-electron chi connectivity index (χ3n) is 2.80. The molecule has 1 fully saturated rings. The molecular formula is C10H19F2NO. The molecule has 1 atom stereocenters. The molecule has 84 valence electrons. The predicted molar refractivity (Wildman–Crippen MR) is 51.5 cm³/mol. The zero-order valence-corrected chi connectivity index (χ0v) is 8.38. The van der Waals surface area contributed by atoms with Crippen LogP contribution in [0.4, 0.5) is 8.78 Å². The van der Waals surface area contributed by atoms with Crippen LogP contribution in [-0.4, -0.2) is 30.7 Å². The summed E-state index contributed by atoms with van der Waals surface area (Å²) in [4.78, 5) is 0. The van der Waals surface area contributed by atoms with Crippen LogP contribution < -0.4 is 5.32 Å². The van der Waals surface area contributed by atoms with Crippen molar-refractivity contribution in [3.63, 3.8) is 0 Å². The van der Waals surface area contributed by atoms with Crippen molar-refractivity contribution in [1.82, 2.24) is 5.32 Å².